The molecule has 0 aliphatic carbocycles. The van der Waals surface area contributed by atoms with Crippen molar-refractivity contribution in [2.75, 3.05) is 39.6 Å². The second-order valence-corrected chi connectivity index (χ2v) is 31.8. The van der Waals surface area contributed by atoms with Crippen LogP contribution in [-0.4, -0.2) is 96.7 Å². The molecule has 0 aromatic carbocycles. The van der Waals surface area contributed by atoms with E-state index in [1.54, 1.807) is 0 Å². The van der Waals surface area contributed by atoms with E-state index in [4.69, 9.17) is 37.0 Å². The molecular weight excluding hydrogens is 1260 g/mol. The largest absolute Gasteiger partial charge is 0.472 e. The molecule has 0 fully saturated rings. The van der Waals surface area contributed by atoms with Crippen LogP contribution in [0.2, 0.25) is 0 Å². The molecule has 17 nitrogen and oxygen atoms in total. The molecule has 0 saturated heterocycles. The maximum Gasteiger partial charge on any atom is 0.472 e. The summed E-state index contributed by atoms with van der Waals surface area (Å²) < 4.78 is 68.6. The molecule has 0 saturated carbocycles. The van der Waals surface area contributed by atoms with Crippen LogP contribution in [0.3, 0.4) is 0 Å². The van der Waals surface area contributed by atoms with Crippen molar-refractivity contribution in [1.82, 2.24) is 0 Å². The fourth-order valence-electron chi connectivity index (χ4n) is 11.7. The van der Waals surface area contributed by atoms with Crippen molar-refractivity contribution in [3.63, 3.8) is 0 Å². The minimum Gasteiger partial charge on any atom is -0.462 e. The lowest BCUT2D eigenvalue weighted by atomic mass is 9.99. The number of ether oxygens (including phenoxy) is 4. The maximum absolute atomic E-state index is 13.1. The average Bonchev–Trinajstić information content (AvgIpc) is 1.13. The third kappa shape index (κ3) is 69.2. The van der Waals surface area contributed by atoms with Crippen LogP contribution in [0.5, 0.6) is 0 Å². The fourth-order valence-corrected chi connectivity index (χ4v) is 13.3. The lowest BCUT2D eigenvalue weighted by Gasteiger charge is -2.21. The van der Waals surface area contributed by atoms with Crippen LogP contribution in [0.4, 0.5) is 0 Å². The number of esters is 4. The highest BCUT2D eigenvalue weighted by Crippen LogP contribution is 2.45. The number of hydrogen-bond donors (Lipinski definition) is 3. The highest BCUT2D eigenvalue weighted by atomic mass is 31.2. The molecule has 19 heteroatoms. The summed E-state index contributed by atoms with van der Waals surface area (Å²) in [6, 6.07) is 0. The molecule has 0 aromatic rings. The SMILES string of the molecule is CCCCCCCCCCCCC(=O)OC[C@H](COP(=O)(O)OC[C@H](O)COP(=O)(O)OC[C@@H](COC(=O)CCCCCCCCCCCCCCCC(C)C)OC(=O)CCCCCCCCCCCCCCCCCC(C)C)OC(=O)CCCCCCCCCCC(C)CC. The summed E-state index contributed by atoms with van der Waals surface area (Å²) in [5, 5.41) is 10.6. The number of hydrogen-bond acceptors (Lipinski definition) is 15. The van der Waals surface area contributed by atoms with E-state index in [0.717, 1.165) is 108 Å². The Balaban J connectivity index is 5.24. The van der Waals surface area contributed by atoms with Crippen molar-refractivity contribution in [2.45, 2.75) is 414 Å². The van der Waals surface area contributed by atoms with Crippen molar-refractivity contribution < 1.29 is 80.2 Å². The van der Waals surface area contributed by atoms with Gasteiger partial charge in [-0.15, -0.1) is 0 Å². The summed E-state index contributed by atoms with van der Waals surface area (Å²) >= 11 is 0. The molecular formula is C77H150O17P2. The first-order valence-electron chi connectivity index (χ1n) is 39.9. The summed E-state index contributed by atoms with van der Waals surface area (Å²) in [5.74, 6) is 0.246. The molecule has 0 aliphatic rings. The average molecular weight is 1410 g/mol. The summed E-state index contributed by atoms with van der Waals surface area (Å²) in [7, 11) is -9.91. The maximum atomic E-state index is 13.1. The van der Waals surface area contributed by atoms with E-state index in [0.29, 0.717) is 25.7 Å². The minimum absolute atomic E-state index is 0.105. The zero-order chi connectivity index (χ0) is 70.9. The molecule has 0 aromatic heterocycles. The third-order valence-electron chi connectivity index (χ3n) is 18.2. The van der Waals surface area contributed by atoms with Crippen LogP contribution in [0.1, 0.15) is 395 Å². The first-order valence-corrected chi connectivity index (χ1v) is 42.9. The van der Waals surface area contributed by atoms with Gasteiger partial charge in [0.05, 0.1) is 26.4 Å². The predicted molar refractivity (Wildman–Crippen MR) is 391 cm³/mol. The lowest BCUT2D eigenvalue weighted by Crippen LogP contribution is -2.30. The predicted octanol–water partition coefficient (Wildman–Crippen LogP) is 22.6. The number of rotatable bonds is 75. The standard InChI is InChI=1S/C77H150O17P2/c1-8-10-11-12-13-14-29-37-44-51-58-74(79)87-65-73(94-77(82)61-54-47-40-33-32-36-43-50-57-70(7)9-2)67-92-96(85,86)90-63-71(78)62-89-95(83,84)91-66-72(64-88-75(80)59-52-45-38-30-25-22-18-20-24-28-35-42-49-56-69(5)6)93-76(81)60-53-46-39-31-26-21-17-15-16-19-23-27-34-41-48-55-68(3)4/h68-73,78H,8-67H2,1-7H3,(H,83,84)(H,85,86)/t70?,71-,72-,73-/m1/s1. The van der Waals surface area contributed by atoms with Gasteiger partial charge < -0.3 is 33.8 Å². The number of carbonyl (C=O) groups excluding carboxylic acids is 4. The molecule has 0 bridgehead atoms. The molecule has 0 aliphatic heterocycles. The number of aliphatic hydroxyl groups excluding tert-OH is 1. The van der Waals surface area contributed by atoms with E-state index >= 15 is 0 Å². The minimum atomic E-state index is -4.96. The van der Waals surface area contributed by atoms with Crippen LogP contribution >= 0.6 is 15.6 Å². The molecule has 0 spiro atoms. The molecule has 3 N–H and O–H groups in total. The normalized spacial score (nSPS) is 14.3. The highest BCUT2D eigenvalue weighted by Gasteiger charge is 2.30. The van der Waals surface area contributed by atoms with Crippen molar-refractivity contribution in [2.24, 2.45) is 17.8 Å². The van der Waals surface area contributed by atoms with Crippen molar-refractivity contribution in [3.05, 3.63) is 0 Å². The number of phosphoric ester groups is 2. The van der Waals surface area contributed by atoms with E-state index in [9.17, 15) is 43.2 Å². The number of unbranched alkanes of at least 4 members (excludes halogenated alkanes) is 42. The summed E-state index contributed by atoms with van der Waals surface area (Å²) in [5.41, 5.74) is 0. The van der Waals surface area contributed by atoms with E-state index in [2.05, 4.69) is 48.5 Å². The Morgan fingerprint density at radius 1 is 0.302 bits per heavy atom. The zero-order valence-corrected chi connectivity index (χ0v) is 64.6. The van der Waals surface area contributed by atoms with E-state index in [1.165, 1.54) is 205 Å². The Morgan fingerprint density at radius 3 is 0.792 bits per heavy atom. The Hall–Kier alpha value is -1.94. The monoisotopic (exact) mass is 1410 g/mol. The van der Waals surface area contributed by atoms with Gasteiger partial charge >= 0.3 is 39.5 Å². The van der Waals surface area contributed by atoms with Crippen LogP contribution in [0.25, 0.3) is 0 Å². The van der Waals surface area contributed by atoms with Gasteiger partial charge in [-0.3, -0.25) is 37.3 Å². The molecule has 0 heterocycles. The second-order valence-electron chi connectivity index (χ2n) is 28.9. The number of aliphatic hydroxyl groups is 1. The van der Waals surface area contributed by atoms with E-state index in [1.807, 2.05) is 0 Å². The number of carbonyl (C=O) groups is 4. The van der Waals surface area contributed by atoms with Gasteiger partial charge in [0.1, 0.15) is 19.3 Å². The number of phosphoric acid groups is 2. The van der Waals surface area contributed by atoms with Crippen molar-refractivity contribution in [1.29, 1.82) is 0 Å². The van der Waals surface area contributed by atoms with E-state index < -0.39 is 97.5 Å². The second kappa shape index (κ2) is 67.5. The third-order valence-corrected chi connectivity index (χ3v) is 20.1. The molecule has 96 heavy (non-hydrogen) atoms. The molecule has 0 radical (unpaired) electrons. The zero-order valence-electron chi connectivity index (χ0n) is 62.8. The van der Waals surface area contributed by atoms with Gasteiger partial charge in [0.25, 0.3) is 0 Å². The first-order chi connectivity index (χ1) is 46.3. The van der Waals surface area contributed by atoms with Gasteiger partial charge in [0.15, 0.2) is 12.2 Å². The van der Waals surface area contributed by atoms with Gasteiger partial charge in [-0.25, -0.2) is 9.13 Å². The Bertz CT molecular complexity index is 1870. The fraction of sp³-hybridized carbons (Fsp3) is 0.948. The van der Waals surface area contributed by atoms with Crippen LogP contribution < -0.4 is 0 Å². The smallest absolute Gasteiger partial charge is 0.462 e. The highest BCUT2D eigenvalue weighted by molar-refractivity contribution is 7.47. The van der Waals surface area contributed by atoms with E-state index in [-0.39, 0.29) is 25.7 Å². The quantitative estimate of drug-likeness (QED) is 0.0222. The van der Waals surface area contributed by atoms with Crippen LogP contribution in [0, 0.1) is 17.8 Å². The van der Waals surface area contributed by atoms with Crippen molar-refractivity contribution >= 4 is 39.5 Å². The van der Waals surface area contributed by atoms with Gasteiger partial charge in [0, 0.05) is 25.7 Å². The van der Waals surface area contributed by atoms with Crippen molar-refractivity contribution in [3.8, 4) is 0 Å². The molecule has 0 amide bonds. The van der Waals surface area contributed by atoms with Gasteiger partial charge in [-0.2, -0.15) is 0 Å². The lowest BCUT2D eigenvalue weighted by molar-refractivity contribution is -0.161. The molecule has 3 unspecified atom stereocenters. The molecule has 6 atom stereocenters. The summed E-state index contributed by atoms with van der Waals surface area (Å²) in [4.78, 5) is 72.8. The Morgan fingerprint density at radius 2 is 0.531 bits per heavy atom. The van der Waals surface area contributed by atoms with Crippen LogP contribution in [-0.2, 0) is 65.4 Å². The summed E-state index contributed by atoms with van der Waals surface area (Å²) in [6.45, 7) is 11.9. The van der Waals surface area contributed by atoms with Gasteiger partial charge in [0.2, 0.25) is 0 Å². The molecule has 570 valence electrons. The topological polar surface area (TPSA) is 237 Å². The van der Waals surface area contributed by atoms with Gasteiger partial charge in [-0.05, 0) is 43.4 Å². The van der Waals surface area contributed by atoms with Crippen LogP contribution in [0.15, 0.2) is 0 Å². The Kier molecular flexibility index (Phi) is 66.2. The Labute approximate surface area is 588 Å². The molecule has 0 rings (SSSR count). The summed E-state index contributed by atoms with van der Waals surface area (Å²) in [6.07, 6.45) is 54.0. The first kappa shape index (κ1) is 94.1. The van der Waals surface area contributed by atoms with Gasteiger partial charge in [-0.1, -0.05) is 344 Å².